The van der Waals surface area contributed by atoms with Crippen molar-refractivity contribution in [3.05, 3.63) is 81.0 Å². The Kier molecular flexibility index (Phi) is 6.95. The molecule has 1 saturated carbocycles. The van der Waals surface area contributed by atoms with Crippen LogP contribution in [0, 0.1) is 12.7 Å². The predicted molar refractivity (Wildman–Crippen MR) is 148 cm³/mol. The van der Waals surface area contributed by atoms with Crippen LogP contribution in [0.25, 0.3) is 5.52 Å². The lowest BCUT2D eigenvalue weighted by Gasteiger charge is -2.37. The fourth-order valence-corrected chi connectivity index (χ4v) is 6.21. The second kappa shape index (κ2) is 10.6. The molecule has 1 unspecified atom stereocenters. The van der Waals surface area contributed by atoms with Crippen molar-refractivity contribution in [1.82, 2.24) is 14.2 Å². The minimum Gasteiger partial charge on any atom is -0.477 e. The number of carboxylic acids is 1. The number of aromatic nitrogens is 1. The van der Waals surface area contributed by atoms with Gasteiger partial charge in [-0.2, -0.15) is 0 Å². The van der Waals surface area contributed by atoms with Crippen molar-refractivity contribution in [2.75, 3.05) is 44.2 Å². The number of aromatic carboxylic acids is 1. The zero-order chi connectivity index (χ0) is 28.0. The van der Waals surface area contributed by atoms with Gasteiger partial charge in [0.15, 0.2) is 5.82 Å². The number of nitrogens with zero attached hydrogens (tertiary/aromatic N) is 4. The van der Waals surface area contributed by atoms with E-state index in [0.29, 0.717) is 42.9 Å². The summed E-state index contributed by atoms with van der Waals surface area (Å²) in [7, 11) is 0. The number of piperazine rings is 1. The van der Waals surface area contributed by atoms with Crippen LogP contribution in [0.4, 0.5) is 14.9 Å². The molecule has 2 saturated heterocycles. The maximum Gasteiger partial charge on any atom is 0.410 e. The van der Waals surface area contributed by atoms with E-state index in [4.69, 9.17) is 4.74 Å². The van der Waals surface area contributed by atoms with E-state index in [9.17, 15) is 19.5 Å². The summed E-state index contributed by atoms with van der Waals surface area (Å²) >= 11 is 0. The number of hydrogen-bond donors (Lipinski definition) is 1. The number of anilines is 1. The maximum absolute atomic E-state index is 15.6. The molecule has 3 fully saturated rings. The minimum atomic E-state index is -1.30. The first-order valence-electron chi connectivity index (χ1n) is 13.9. The van der Waals surface area contributed by atoms with Crippen LogP contribution in [-0.2, 0) is 11.3 Å². The SMILES string of the molecule is Cc1c(N2CCC(N3CCN(C(=O)OCc4ccccc4)CC3)C2)c(F)cn2c(=O)c(C(=O)O)cc(C3CC3)c12. The van der Waals surface area contributed by atoms with E-state index in [1.807, 2.05) is 42.2 Å². The van der Waals surface area contributed by atoms with Gasteiger partial charge in [-0.15, -0.1) is 0 Å². The Labute approximate surface area is 231 Å². The number of fused-ring (bicyclic) bond motifs is 1. The highest BCUT2D eigenvalue weighted by Crippen LogP contribution is 2.44. The smallest absolute Gasteiger partial charge is 0.410 e. The van der Waals surface area contributed by atoms with Gasteiger partial charge in [0.25, 0.3) is 5.56 Å². The summed E-state index contributed by atoms with van der Waals surface area (Å²) in [6.07, 6.45) is 3.57. The van der Waals surface area contributed by atoms with E-state index in [2.05, 4.69) is 4.90 Å². The van der Waals surface area contributed by atoms with Crippen LogP contribution in [-0.4, -0.2) is 76.7 Å². The molecule has 10 heteroatoms. The topological polar surface area (TPSA) is 94.8 Å². The average molecular weight is 549 g/mol. The molecule has 40 heavy (non-hydrogen) atoms. The highest BCUT2D eigenvalue weighted by atomic mass is 19.1. The van der Waals surface area contributed by atoms with Crippen LogP contribution in [0.5, 0.6) is 0 Å². The lowest BCUT2D eigenvalue weighted by Crippen LogP contribution is -2.52. The van der Waals surface area contributed by atoms with Crippen LogP contribution in [0.15, 0.2) is 47.4 Å². The molecule has 6 rings (SSSR count). The molecule has 1 aliphatic carbocycles. The highest BCUT2D eigenvalue weighted by Gasteiger charge is 2.35. The van der Waals surface area contributed by atoms with Crippen LogP contribution >= 0.6 is 0 Å². The normalized spacial score (nSPS) is 19.8. The summed E-state index contributed by atoms with van der Waals surface area (Å²) < 4.78 is 22.3. The maximum atomic E-state index is 15.6. The number of halogens is 1. The monoisotopic (exact) mass is 548 g/mol. The molecule has 2 aliphatic heterocycles. The Balaban J connectivity index is 1.15. The molecule has 0 bridgehead atoms. The molecule has 1 amide bonds. The van der Waals surface area contributed by atoms with Gasteiger partial charge in [-0.05, 0) is 54.9 Å². The molecule has 9 nitrogen and oxygen atoms in total. The van der Waals surface area contributed by atoms with E-state index in [0.717, 1.165) is 49.7 Å². The van der Waals surface area contributed by atoms with Crippen molar-refractivity contribution in [3.8, 4) is 0 Å². The van der Waals surface area contributed by atoms with Gasteiger partial charge >= 0.3 is 12.1 Å². The van der Waals surface area contributed by atoms with Gasteiger partial charge in [0.2, 0.25) is 0 Å². The van der Waals surface area contributed by atoms with Crippen LogP contribution in [0.2, 0.25) is 0 Å². The van der Waals surface area contributed by atoms with Gasteiger partial charge in [0, 0.05) is 45.3 Å². The zero-order valence-electron chi connectivity index (χ0n) is 22.5. The number of benzene rings is 1. The molecule has 3 aliphatic rings. The molecule has 1 N–H and O–H groups in total. The molecule has 1 aromatic carbocycles. The standard InChI is InChI=1S/C30H33FN4O5/c1-19-26-23(21-7-8-21)15-24(29(37)38)28(36)35(26)17-25(31)27(19)34-10-9-22(16-34)32-11-13-33(14-12-32)30(39)40-18-20-5-3-2-4-6-20/h2-6,15,17,21-22H,7-14,16,18H2,1H3,(H,37,38). The van der Waals surface area contributed by atoms with Gasteiger partial charge in [0.1, 0.15) is 12.2 Å². The van der Waals surface area contributed by atoms with Crippen molar-refractivity contribution in [2.24, 2.45) is 0 Å². The Bertz CT molecular complexity index is 1510. The first kappa shape index (κ1) is 26.3. The number of aryl methyl sites for hydroxylation is 1. The quantitative estimate of drug-likeness (QED) is 0.500. The van der Waals surface area contributed by atoms with E-state index in [1.54, 1.807) is 4.90 Å². The van der Waals surface area contributed by atoms with Crippen molar-refractivity contribution in [2.45, 2.75) is 44.8 Å². The van der Waals surface area contributed by atoms with Crippen molar-refractivity contribution < 1.29 is 23.8 Å². The van der Waals surface area contributed by atoms with E-state index < -0.39 is 17.3 Å². The third-order valence-electron chi connectivity index (χ3n) is 8.46. The molecule has 0 spiro atoms. The first-order valence-corrected chi connectivity index (χ1v) is 13.9. The van der Waals surface area contributed by atoms with Crippen molar-refractivity contribution >= 4 is 23.3 Å². The Hall–Kier alpha value is -3.92. The van der Waals surface area contributed by atoms with Gasteiger partial charge in [-0.1, -0.05) is 30.3 Å². The fourth-order valence-electron chi connectivity index (χ4n) is 6.21. The average Bonchev–Trinajstić information content (AvgIpc) is 3.69. The molecule has 3 aromatic rings. The summed E-state index contributed by atoms with van der Waals surface area (Å²) in [5.74, 6) is -1.63. The fraction of sp³-hybridized carbons (Fsp3) is 0.433. The number of carbonyl (C=O) groups excluding carboxylic acids is 1. The Morgan fingerprint density at radius 2 is 1.77 bits per heavy atom. The summed E-state index contributed by atoms with van der Waals surface area (Å²) in [5.41, 5.74) is 2.50. The summed E-state index contributed by atoms with van der Waals surface area (Å²) in [6.45, 7) is 5.98. The number of carboxylic acid groups (broad SMARTS) is 1. The zero-order valence-corrected chi connectivity index (χ0v) is 22.5. The third kappa shape index (κ3) is 4.92. The number of hydrogen-bond acceptors (Lipinski definition) is 6. The van der Waals surface area contributed by atoms with E-state index in [1.165, 1.54) is 10.5 Å². The minimum absolute atomic E-state index is 0.188. The van der Waals surface area contributed by atoms with Crippen LogP contribution in [0.3, 0.4) is 0 Å². The first-order chi connectivity index (χ1) is 19.3. The van der Waals surface area contributed by atoms with Crippen molar-refractivity contribution in [3.63, 3.8) is 0 Å². The van der Waals surface area contributed by atoms with Gasteiger partial charge in [-0.25, -0.2) is 14.0 Å². The summed E-state index contributed by atoms with van der Waals surface area (Å²) in [4.78, 5) is 43.3. The largest absolute Gasteiger partial charge is 0.477 e. The Morgan fingerprint density at radius 1 is 1.05 bits per heavy atom. The second-order valence-corrected chi connectivity index (χ2v) is 11.0. The number of pyridine rings is 2. The predicted octanol–water partition coefficient (Wildman–Crippen LogP) is 3.86. The van der Waals surface area contributed by atoms with E-state index in [-0.39, 0.29) is 30.2 Å². The summed E-state index contributed by atoms with van der Waals surface area (Å²) in [6, 6.07) is 11.3. The Morgan fingerprint density at radius 3 is 2.45 bits per heavy atom. The van der Waals surface area contributed by atoms with Crippen molar-refractivity contribution in [1.29, 1.82) is 0 Å². The van der Waals surface area contributed by atoms with Gasteiger partial charge in [0.05, 0.1) is 17.4 Å². The number of ether oxygens (including phenoxy) is 1. The highest BCUT2D eigenvalue weighted by molar-refractivity contribution is 5.89. The third-order valence-corrected chi connectivity index (χ3v) is 8.46. The number of carbonyl (C=O) groups is 2. The molecule has 210 valence electrons. The lowest BCUT2D eigenvalue weighted by atomic mass is 10.0. The molecule has 2 aromatic heterocycles. The molecular formula is C30H33FN4O5. The lowest BCUT2D eigenvalue weighted by molar-refractivity contribution is 0.0624. The number of rotatable bonds is 6. The molecule has 0 radical (unpaired) electrons. The van der Waals surface area contributed by atoms with Gasteiger partial charge in [-0.3, -0.25) is 14.1 Å². The molecule has 1 atom stereocenters. The molecule has 4 heterocycles. The second-order valence-electron chi connectivity index (χ2n) is 11.0. The van der Waals surface area contributed by atoms with Crippen LogP contribution < -0.4 is 10.5 Å². The number of amides is 1. The van der Waals surface area contributed by atoms with E-state index >= 15 is 4.39 Å². The summed E-state index contributed by atoms with van der Waals surface area (Å²) in [5, 5.41) is 9.54. The molecular weight excluding hydrogens is 515 g/mol. The van der Waals surface area contributed by atoms with Crippen LogP contribution in [0.1, 0.15) is 52.2 Å². The van der Waals surface area contributed by atoms with Gasteiger partial charge < -0.3 is 19.6 Å².